The van der Waals surface area contributed by atoms with E-state index >= 15 is 0 Å². The first kappa shape index (κ1) is 19.5. The maximum absolute atomic E-state index is 5.94. The van der Waals surface area contributed by atoms with Crippen LogP contribution in [0.15, 0.2) is 16.6 Å². The van der Waals surface area contributed by atoms with Crippen LogP contribution in [-0.2, 0) is 4.74 Å². The number of ether oxygens (including phenoxy) is 3. The van der Waals surface area contributed by atoms with E-state index in [1.807, 2.05) is 12.1 Å². The van der Waals surface area contributed by atoms with Crippen molar-refractivity contribution in [2.75, 3.05) is 40.0 Å². The van der Waals surface area contributed by atoms with Gasteiger partial charge in [-0.15, -0.1) is 0 Å². The van der Waals surface area contributed by atoms with Crippen molar-refractivity contribution in [3.8, 4) is 11.5 Å². The van der Waals surface area contributed by atoms with E-state index in [-0.39, 0.29) is 0 Å². The molecule has 134 valence electrons. The zero-order valence-electron chi connectivity index (χ0n) is 14.5. The zero-order valence-corrected chi connectivity index (χ0v) is 16.9. The number of unbranched alkanes of at least 4 members (excludes halogenated alkanes) is 3. The summed E-state index contributed by atoms with van der Waals surface area (Å²) in [6.07, 6.45) is 4.71. The van der Waals surface area contributed by atoms with Crippen LogP contribution in [0.25, 0.3) is 0 Å². The summed E-state index contributed by atoms with van der Waals surface area (Å²) in [5.41, 5.74) is 0.967. The monoisotopic (exact) mass is 415 g/mol. The number of hydrogen-bond donors (Lipinski definition) is 0. The lowest BCUT2D eigenvalue weighted by molar-refractivity contribution is 0.0693. The van der Waals surface area contributed by atoms with Crippen molar-refractivity contribution in [3.63, 3.8) is 0 Å². The standard InChI is InChI=1S/C18H26BrNO3S/c1-3-4-5-6-9-23-17-15(19)12-14(13-16(17)21-2)18(24)20-7-10-22-11-8-20/h12-13H,3-11H2,1-2H3. The predicted octanol–water partition coefficient (Wildman–Crippen LogP) is 4.42. The number of hydrogen-bond acceptors (Lipinski definition) is 4. The van der Waals surface area contributed by atoms with E-state index in [9.17, 15) is 0 Å². The van der Waals surface area contributed by atoms with Crippen LogP contribution in [0.4, 0.5) is 0 Å². The lowest BCUT2D eigenvalue weighted by atomic mass is 10.1. The number of halogens is 1. The highest BCUT2D eigenvalue weighted by molar-refractivity contribution is 9.10. The molecule has 0 N–H and O–H groups in total. The van der Waals surface area contributed by atoms with Crippen LogP contribution in [0, 0.1) is 0 Å². The molecule has 2 rings (SSSR count). The Kier molecular flexibility index (Phi) is 8.29. The molecule has 1 fully saturated rings. The van der Waals surface area contributed by atoms with Crippen LogP contribution in [0.1, 0.15) is 38.2 Å². The lowest BCUT2D eigenvalue weighted by Crippen LogP contribution is -2.40. The molecule has 1 aromatic carbocycles. The molecule has 24 heavy (non-hydrogen) atoms. The molecule has 0 amide bonds. The van der Waals surface area contributed by atoms with E-state index in [1.165, 1.54) is 19.3 Å². The Morgan fingerprint density at radius 2 is 2.00 bits per heavy atom. The van der Waals surface area contributed by atoms with Gasteiger partial charge < -0.3 is 19.1 Å². The minimum Gasteiger partial charge on any atom is -0.493 e. The molecule has 0 saturated carbocycles. The maximum Gasteiger partial charge on any atom is 0.175 e. The second-order valence-electron chi connectivity index (χ2n) is 5.80. The number of rotatable bonds is 8. The van der Waals surface area contributed by atoms with Gasteiger partial charge in [0, 0.05) is 18.7 Å². The molecule has 1 aliphatic rings. The van der Waals surface area contributed by atoms with Crippen LogP contribution in [0.3, 0.4) is 0 Å². The second-order valence-corrected chi connectivity index (χ2v) is 7.04. The molecule has 1 heterocycles. The summed E-state index contributed by atoms with van der Waals surface area (Å²) in [5, 5.41) is 0. The molecule has 0 radical (unpaired) electrons. The van der Waals surface area contributed by atoms with Gasteiger partial charge in [-0.25, -0.2) is 0 Å². The SMILES string of the molecule is CCCCCCOc1c(Br)cc(C(=S)N2CCOCC2)cc1OC. The van der Waals surface area contributed by atoms with Crippen molar-refractivity contribution in [1.82, 2.24) is 4.90 Å². The Labute approximate surface area is 158 Å². The molecule has 4 nitrogen and oxygen atoms in total. The summed E-state index contributed by atoms with van der Waals surface area (Å²) in [6, 6.07) is 3.98. The topological polar surface area (TPSA) is 30.9 Å². The highest BCUT2D eigenvalue weighted by Gasteiger charge is 2.19. The van der Waals surface area contributed by atoms with Crippen LogP contribution in [-0.4, -0.2) is 49.9 Å². The van der Waals surface area contributed by atoms with E-state index in [1.54, 1.807) is 7.11 Å². The van der Waals surface area contributed by atoms with Gasteiger partial charge >= 0.3 is 0 Å². The van der Waals surface area contributed by atoms with Gasteiger partial charge in [0.05, 0.1) is 31.4 Å². The van der Waals surface area contributed by atoms with Gasteiger partial charge in [0.1, 0.15) is 4.99 Å². The van der Waals surface area contributed by atoms with Gasteiger partial charge in [0.15, 0.2) is 11.5 Å². The van der Waals surface area contributed by atoms with E-state index in [0.717, 1.165) is 53.5 Å². The van der Waals surface area contributed by atoms with Gasteiger partial charge in [-0.3, -0.25) is 0 Å². The van der Waals surface area contributed by atoms with Gasteiger partial charge in [0.25, 0.3) is 0 Å². The molecule has 0 unspecified atom stereocenters. The highest BCUT2D eigenvalue weighted by atomic mass is 79.9. The van der Waals surface area contributed by atoms with E-state index in [0.29, 0.717) is 12.4 Å². The summed E-state index contributed by atoms with van der Waals surface area (Å²) in [6.45, 7) is 6.00. The molecule has 1 aromatic rings. The van der Waals surface area contributed by atoms with E-state index < -0.39 is 0 Å². The van der Waals surface area contributed by atoms with Gasteiger partial charge in [0.2, 0.25) is 0 Å². The number of morpholine rings is 1. The Balaban J connectivity index is 2.06. The van der Waals surface area contributed by atoms with Crippen molar-refractivity contribution < 1.29 is 14.2 Å². The van der Waals surface area contributed by atoms with Crippen molar-refractivity contribution in [2.45, 2.75) is 32.6 Å². The average Bonchev–Trinajstić information content (AvgIpc) is 2.62. The largest absolute Gasteiger partial charge is 0.493 e. The fourth-order valence-electron chi connectivity index (χ4n) is 2.64. The Morgan fingerprint density at radius 3 is 2.67 bits per heavy atom. The number of thiocarbonyl (C=S) groups is 1. The summed E-state index contributed by atoms with van der Waals surface area (Å²) < 4.78 is 17.7. The maximum atomic E-state index is 5.94. The third-order valence-corrected chi connectivity index (χ3v) is 5.10. The molecular weight excluding hydrogens is 390 g/mol. The summed E-state index contributed by atoms with van der Waals surface area (Å²) >= 11 is 9.25. The molecule has 1 saturated heterocycles. The number of nitrogens with zero attached hydrogens (tertiary/aromatic N) is 1. The third-order valence-electron chi connectivity index (χ3n) is 4.02. The highest BCUT2D eigenvalue weighted by Crippen LogP contribution is 2.37. The molecule has 0 aromatic heterocycles. The first-order valence-corrected chi connectivity index (χ1v) is 9.74. The van der Waals surface area contributed by atoms with Crippen molar-refractivity contribution in [1.29, 1.82) is 0 Å². The first-order valence-electron chi connectivity index (χ1n) is 8.54. The minimum absolute atomic E-state index is 0.697. The second kappa shape index (κ2) is 10.2. The van der Waals surface area contributed by atoms with Crippen molar-refractivity contribution in [2.24, 2.45) is 0 Å². The normalized spacial score (nSPS) is 14.5. The van der Waals surface area contributed by atoms with Gasteiger partial charge in [-0.2, -0.15) is 0 Å². The summed E-state index contributed by atoms with van der Waals surface area (Å²) in [5.74, 6) is 1.47. The number of benzene rings is 1. The fraction of sp³-hybridized carbons (Fsp3) is 0.611. The molecule has 0 bridgehead atoms. The van der Waals surface area contributed by atoms with Crippen LogP contribution >= 0.6 is 28.1 Å². The summed E-state index contributed by atoms with van der Waals surface area (Å²) in [4.78, 5) is 3.00. The fourth-order valence-corrected chi connectivity index (χ4v) is 3.49. The smallest absolute Gasteiger partial charge is 0.175 e. The molecular formula is C18H26BrNO3S. The average molecular weight is 416 g/mol. The summed E-state index contributed by atoms with van der Waals surface area (Å²) in [7, 11) is 1.66. The zero-order chi connectivity index (χ0) is 17.4. The minimum atomic E-state index is 0.697. The van der Waals surface area contributed by atoms with Gasteiger partial charge in [-0.05, 0) is 34.5 Å². The first-order chi connectivity index (χ1) is 11.7. The molecule has 1 aliphatic heterocycles. The van der Waals surface area contributed by atoms with Crippen molar-refractivity contribution >= 4 is 33.1 Å². The molecule has 0 aliphatic carbocycles. The quantitative estimate of drug-likeness (QED) is 0.463. The van der Waals surface area contributed by atoms with E-state index in [4.69, 9.17) is 26.4 Å². The van der Waals surface area contributed by atoms with Crippen LogP contribution in [0.2, 0.25) is 0 Å². The molecule has 0 spiro atoms. The van der Waals surface area contributed by atoms with Crippen LogP contribution in [0.5, 0.6) is 11.5 Å². The number of methoxy groups -OCH3 is 1. The van der Waals surface area contributed by atoms with E-state index in [2.05, 4.69) is 27.8 Å². The lowest BCUT2D eigenvalue weighted by Gasteiger charge is -2.29. The molecule has 0 atom stereocenters. The van der Waals surface area contributed by atoms with Crippen LogP contribution < -0.4 is 9.47 Å². The van der Waals surface area contributed by atoms with Crippen molar-refractivity contribution in [3.05, 3.63) is 22.2 Å². The Morgan fingerprint density at radius 1 is 1.25 bits per heavy atom. The predicted molar refractivity (Wildman–Crippen MR) is 104 cm³/mol. The van der Waals surface area contributed by atoms with Gasteiger partial charge in [-0.1, -0.05) is 38.4 Å². The third kappa shape index (κ3) is 5.33. The Bertz CT molecular complexity index is 547. The molecule has 6 heteroatoms. The Hall–Kier alpha value is -0.850.